The van der Waals surface area contributed by atoms with E-state index in [-0.39, 0.29) is 31.1 Å². The van der Waals surface area contributed by atoms with Crippen LogP contribution in [0.2, 0.25) is 0 Å². The molecule has 0 aromatic heterocycles. The molecule has 6 heteroatoms. The van der Waals surface area contributed by atoms with E-state index in [1.165, 1.54) is 25.7 Å². The summed E-state index contributed by atoms with van der Waals surface area (Å²) in [5, 5.41) is 0. The van der Waals surface area contributed by atoms with E-state index in [9.17, 15) is 14.4 Å². The lowest BCUT2D eigenvalue weighted by molar-refractivity contribution is -0.167. The molecule has 0 aliphatic rings. The van der Waals surface area contributed by atoms with E-state index in [0.29, 0.717) is 19.3 Å². The molecule has 0 amide bonds. The minimum absolute atomic E-state index is 0.106. The Hall–Kier alpha value is -4.71. The summed E-state index contributed by atoms with van der Waals surface area (Å²) in [5.74, 6) is -0.969. The molecular formula is C67H106O6. The number of carbonyl (C=O) groups is 3. The Kier molecular flexibility index (Phi) is 56.0. The fourth-order valence-electron chi connectivity index (χ4n) is 7.47. The Morgan fingerprint density at radius 1 is 0.288 bits per heavy atom. The van der Waals surface area contributed by atoms with Gasteiger partial charge in [0.15, 0.2) is 6.10 Å². The minimum atomic E-state index is -0.810. The monoisotopic (exact) mass is 1010 g/mol. The number of allylic oxidation sites excluding steroid dienone is 24. The first-order valence-electron chi connectivity index (χ1n) is 29.3. The van der Waals surface area contributed by atoms with E-state index in [1.807, 2.05) is 0 Å². The summed E-state index contributed by atoms with van der Waals surface area (Å²) in [6, 6.07) is 0. The van der Waals surface area contributed by atoms with Crippen molar-refractivity contribution in [2.75, 3.05) is 13.2 Å². The Morgan fingerprint density at radius 2 is 0.534 bits per heavy atom. The topological polar surface area (TPSA) is 78.9 Å². The second kappa shape index (κ2) is 59.8. The van der Waals surface area contributed by atoms with Crippen molar-refractivity contribution >= 4 is 17.9 Å². The van der Waals surface area contributed by atoms with Crippen LogP contribution in [0.4, 0.5) is 0 Å². The SMILES string of the molecule is CC/C=C\C/C=C\C/C=C\C/C=C\C/C=C\C/C=C\C/C=C\CCCCCC(=O)OCC(COC(=O)CCCCCCC/C=C\C/C=C\CCC)OC(=O)CCCCCCCCC/C=C\C/C=C\C/C=C\CC. The van der Waals surface area contributed by atoms with E-state index in [1.54, 1.807) is 0 Å². The van der Waals surface area contributed by atoms with Gasteiger partial charge in [-0.05, 0) is 135 Å². The molecule has 0 saturated heterocycles. The second-order valence-electron chi connectivity index (χ2n) is 18.8. The minimum Gasteiger partial charge on any atom is -0.462 e. The van der Waals surface area contributed by atoms with Gasteiger partial charge in [-0.25, -0.2) is 0 Å². The molecule has 0 aromatic rings. The van der Waals surface area contributed by atoms with Crippen molar-refractivity contribution in [1.82, 2.24) is 0 Å². The summed E-state index contributed by atoms with van der Waals surface area (Å²) < 4.78 is 16.8. The zero-order valence-corrected chi connectivity index (χ0v) is 46.8. The van der Waals surface area contributed by atoms with E-state index in [2.05, 4.69) is 167 Å². The summed E-state index contributed by atoms with van der Waals surface area (Å²) in [5.41, 5.74) is 0. The zero-order chi connectivity index (χ0) is 52.9. The molecule has 0 N–H and O–H groups in total. The number of hydrogen-bond donors (Lipinski definition) is 0. The van der Waals surface area contributed by atoms with Crippen molar-refractivity contribution in [2.24, 2.45) is 0 Å². The fourth-order valence-corrected chi connectivity index (χ4v) is 7.47. The smallest absolute Gasteiger partial charge is 0.306 e. The lowest BCUT2D eigenvalue weighted by Gasteiger charge is -2.18. The molecule has 1 atom stereocenters. The van der Waals surface area contributed by atoms with Crippen LogP contribution in [0.3, 0.4) is 0 Å². The molecule has 0 aromatic carbocycles. The average molecular weight is 1010 g/mol. The Balaban J connectivity index is 4.47. The third kappa shape index (κ3) is 58.1. The summed E-state index contributed by atoms with van der Waals surface area (Å²) in [6.45, 7) is 6.29. The van der Waals surface area contributed by atoms with Crippen molar-refractivity contribution in [3.8, 4) is 0 Å². The van der Waals surface area contributed by atoms with Gasteiger partial charge in [-0.2, -0.15) is 0 Å². The van der Waals surface area contributed by atoms with Gasteiger partial charge in [0, 0.05) is 19.3 Å². The third-order valence-corrected chi connectivity index (χ3v) is 11.8. The summed E-state index contributed by atoms with van der Waals surface area (Å²) >= 11 is 0. The van der Waals surface area contributed by atoms with Crippen molar-refractivity contribution < 1.29 is 28.6 Å². The lowest BCUT2D eigenvalue weighted by atomic mass is 10.1. The van der Waals surface area contributed by atoms with Crippen molar-refractivity contribution in [3.05, 3.63) is 146 Å². The summed E-state index contributed by atoms with van der Waals surface area (Å²) in [4.78, 5) is 38.2. The van der Waals surface area contributed by atoms with E-state index in [0.717, 1.165) is 173 Å². The first-order chi connectivity index (χ1) is 36.0. The molecule has 0 aliphatic carbocycles. The number of rotatable bonds is 51. The maximum absolute atomic E-state index is 12.9. The number of carbonyl (C=O) groups excluding carboxylic acids is 3. The molecular weight excluding hydrogens is 901 g/mol. The van der Waals surface area contributed by atoms with Gasteiger partial charge in [0.05, 0.1) is 0 Å². The van der Waals surface area contributed by atoms with Gasteiger partial charge in [-0.15, -0.1) is 0 Å². The highest BCUT2D eigenvalue weighted by atomic mass is 16.6. The highest BCUT2D eigenvalue weighted by Crippen LogP contribution is 2.13. The van der Waals surface area contributed by atoms with Crippen LogP contribution in [0.25, 0.3) is 0 Å². The maximum atomic E-state index is 12.9. The van der Waals surface area contributed by atoms with Gasteiger partial charge in [0.1, 0.15) is 13.2 Å². The van der Waals surface area contributed by atoms with Gasteiger partial charge in [-0.1, -0.05) is 231 Å². The molecule has 1 unspecified atom stereocenters. The van der Waals surface area contributed by atoms with Gasteiger partial charge in [0.2, 0.25) is 0 Å². The normalized spacial score (nSPS) is 13.2. The zero-order valence-electron chi connectivity index (χ0n) is 46.8. The first-order valence-corrected chi connectivity index (χ1v) is 29.3. The number of ether oxygens (including phenoxy) is 3. The Morgan fingerprint density at radius 3 is 0.849 bits per heavy atom. The summed E-state index contributed by atoms with van der Waals surface area (Å²) in [6.07, 6.45) is 85.5. The molecule has 410 valence electrons. The summed E-state index contributed by atoms with van der Waals surface area (Å²) in [7, 11) is 0. The maximum Gasteiger partial charge on any atom is 0.306 e. The predicted octanol–water partition coefficient (Wildman–Crippen LogP) is 20.0. The van der Waals surface area contributed by atoms with Crippen LogP contribution in [0.15, 0.2) is 146 Å². The van der Waals surface area contributed by atoms with Crippen LogP contribution >= 0.6 is 0 Å². The fraction of sp³-hybridized carbons (Fsp3) is 0.597. The number of unbranched alkanes of at least 4 members (excludes halogenated alkanes) is 16. The van der Waals surface area contributed by atoms with Gasteiger partial charge >= 0.3 is 17.9 Å². The van der Waals surface area contributed by atoms with Crippen LogP contribution < -0.4 is 0 Å². The molecule has 0 spiro atoms. The molecule has 6 nitrogen and oxygen atoms in total. The molecule has 0 fully saturated rings. The third-order valence-electron chi connectivity index (χ3n) is 11.8. The van der Waals surface area contributed by atoms with Gasteiger partial charge in [0.25, 0.3) is 0 Å². The molecule has 0 bridgehead atoms. The average Bonchev–Trinajstić information content (AvgIpc) is 3.39. The van der Waals surface area contributed by atoms with Crippen LogP contribution in [0, 0.1) is 0 Å². The number of hydrogen-bond acceptors (Lipinski definition) is 6. The largest absolute Gasteiger partial charge is 0.462 e. The lowest BCUT2D eigenvalue weighted by Crippen LogP contribution is -2.30. The van der Waals surface area contributed by atoms with E-state index < -0.39 is 6.10 Å². The molecule has 73 heavy (non-hydrogen) atoms. The predicted molar refractivity (Wildman–Crippen MR) is 315 cm³/mol. The van der Waals surface area contributed by atoms with Crippen LogP contribution in [0.1, 0.15) is 239 Å². The highest BCUT2D eigenvalue weighted by molar-refractivity contribution is 5.71. The van der Waals surface area contributed by atoms with Crippen LogP contribution in [0.5, 0.6) is 0 Å². The van der Waals surface area contributed by atoms with E-state index >= 15 is 0 Å². The molecule has 0 heterocycles. The van der Waals surface area contributed by atoms with Gasteiger partial charge < -0.3 is 14.2 Å². The quantitative estimate of drug-likeness (QED) is 0.0261. The van der Waals surface area contributed by atoms with Crippen molar-refractivity contribution in [1.29, 1.82) is 0 Å². The van der Waals surface area contributed by atoms with E-state index in [4.69, 9.17) is 14.2 Å². The molecule has 0 radical (unpaired) electrons. The Labute approximate surface area is 448 Å². The number of esters is 3. The van der Waals surface area contributed by atoms with Crippen LogP contribution in [-0.4, -0.2) is 37.2 Å². The van der Waals surface area contributed by atoms with Crippen molar-refractivity contribution in [2.45, 2.75) is 245 Å². The Bertz CT molecular complexity index is 1630. The highest BCUT2D eigenvalue weighted by Gasteiger charge is 2.19. The standard InChI is InChI=1S/C67H106O6/c1-4-7-10-13-16-19-22-25-27-29-30-31-32-33-34-35-36-38-39-42-45-48-51-54-57-60-66(69)72-63-64(62-71-65(68)59-56-53-50-47-44-41-24-21-18-15-12-9-6-3)73-67(70)61-58-55-52-49-46-43-40-37-28-26-23-20-17-14-11-8-5-2/h7-8,10-12,15-17,19-21,24-28,30-31,33-34,36,38,42,45,64H,4-6,9,13-14,18,22-23,29,32,35,37,39-41,43-44,46-63H2,1-3H3/b10-7-,11-8-,15-12-,19-16-,20-17-,24-21-,27-25-,28-26-,31-30-,34-33-,38-36-,45-42-. The van der Waals surface area contributed by atoms with Crippen molar-refractivity contribution in [3.63, 3.8) is 0 Å². The molecule has 0 aliphatic heterocycles. The first kappa shape index (κ1) is 68.3. The van der Waals surface area contributed by atoms with Gasteiger partial charge in [-0.3, -0.25) is 14.4 Å². The molecule has 0 rings (SSSR count). The molecule has 0 saturated carbocycles. The second-order valence-corrected chi connectivity index (χ2v) is 18.8. The van der Waals surface area contributed by atoms with Crippen LogP contribution in [-0.2, 0) is 28.6 Å².